The molecule has 51 heavy (non-hydrogen) atoms. The molecule has 6 rings (SSSR count). The van der Waals surface area contributed by atoms with E-state index in [1.54, 1.807) is 10.8 Å². The summed E-state index contributed by atoms with van der Waals surface area (Å²) in [7, 11) is 0. The number of fused-ring (bicyclic) bond motifs is 2. The molecule has 16 nitrogen and oxygen atoms in total. The number of aromatic amines is 1. The van der Waals surface area contributed by atoms with Gasteiger partial charge < -0.3 is 31.4 Å². The minimum Gasteiger partial charge on any atom is -0.475 e. The number of anilines is 1. The number of amides is 2. The van der Waals surface area contributed by atoms with E-state index in [4.69, 9.17) is 33.0 Å². The van der Waals surface area contributed by atoms with Gasteiger partial charge in [0.05, 0.1) is 51.5 Å². The lowest BCUT2D eigenvalue weighted by Crippen LogP contribution is -2.24. The summed E-state index contributed by atoms with van der Waals surface area (Å²) in [6, 6.07) is 3.45. The van der Waals surface area contributed by atoms with Gasteiger partial charge in [0.1, 0.15) is 11.0 Å². The van der Waals surface area contributed by atoms with Gasteiger partial charge in [0, 0.05) is 25.5 Å². The largest absolute Gasteiger partial charge is 0.490 e. The average molecular weight is 742 g/mol. The molecule has 0 radical (unpaired) electrons. The van der Waals surface area contributed by atoms with Crippen molar-refractivity contribution in [1.82, 2.24) is 45.1 Å². The molecule has 7 N–H and O–H groups in total. The fourth-order valence-electron chi connectivity index (χ4n) is 4.32. The fraction of sp³-hybridized carbons (Fsp3) is 0.179. The molecule has 0 unspecified atom stereocenters. The molecule has 0 fully saturated rings. The Labute approximate surface area is 284 Å². The van der Waals surface area contributed by atoms with Crippen molar-refractivity contribution < 1.29 is 50.5 Å². The SMILES string of the molecule is CCn1c(-c2nonc2N)nc2cncc(C(=O)NCc3ccc(Cl)c(C(F)(F)F)c3)c21.NC(=O)c1cncc2nc[nH]c12.O=C(O)C(F)(F)F. The number of benzene rings is 1. The lowest BCUT2D eigenvalue weighted by Gasteiger charge is -2.12. The van der Waals surface area contributed by atoms with Gasteiger partial charge in [-0.3, -0.25) is 19.6 Å². The van der Waals surface area contributed by atoms with Crippen LogP contribution in [0.4, 0.5) is 32.2 Å². The predicted octanol–water partition coefficient (Wildman–Crippen LogP) is 4.38. The lowest BCUT2D eigenvalue weighted by atomic mass is 10.1. The van der Waals surface area contributed by atoms with E-state index in [-0.39, 0.29) is 29.2 Å². The molecule has 23 heteroatoms. The molecule has 0 saturated carbocycles. The first-order valence-corrected chi connectivity index (χ1v) is 14.2. The number of aromatic nitrogens is 8. The van der Waals surface area contributed by atoms with Gasteiger partial charge in [-0.25, -0.2) is 19.4 Å². The topological polar surface area (TPSA) is 247 Å². The van der Waals surface area contributed by atoms with Crippen LogP contribution in [0.25, 0.3) is 33.6 Å². The molecule has 2 amide bonds. The lowest BCUT2D eigenvalue weighted by molar-refractivity contribution is -0.192. The van der Waals surface area contributed by atoms with E-state index < -0.39 is 40.7 Å². The minimum absolute atomic E-state index is 0.0391. The summed E-state index contributed by atoms with van der Waals surface area (Å²) in [6.45, 7) is 2.10. The van der Waals surface area contributed by atoms with E-state index in [2.05, 4.69) is 45.2 Å². The van der Waals surface area contributed by atoms with Crippen LogP contribution in [0, 0.1) is 0 Å². The number of carbonyl (C=O) groups excluding carboxylic acids is 2. The second-order valence-corrected chi connectivity index (χ2v) is 10.3. The third kappa shape index (κ3) is 8.65. The van der Waals surface area contributed by atoms with Crippen molar-refractivity contribution >= 4 is 57.3 Å². The van der Waals surface area contributed by atoms with Gasteiger partial charge in [0.2, 0.25) is 0 Å². The number of aliphatic carboxylic acids is 1. The number of rotatable bonds is 6. The maximum Gasteiger partial charge on any atom is 0.490 e. The van der Waals surface area contributed by atoms with Gasteiger partial charge in [-0.05, 0) is 34.9 Å². The van der Waals surface area contributed by atoms with Crippen LogP contribution >= 0.6 is 11.6 Å². The van der Waals surface area contributed by atoms with Crippen LogP contribution < -0.4 is 16.8 Å². The van der Waals surface area contributed by atoms with E-state index in [9.17, 15) is 35.9 Å². The van der Waals surface area contributed by atoms with Gasteiger partial charge in [-0.2, -0.15) is 26.3 Å². The normalized spacial score (nSPS) is 11.4. The highest BCUT2D eigenvalue weighted by molar-refractivity contribution is 6.31. The number of H-pyrrole nitrogens is 1. The minimum atomic E-state index is -5.08. The first-order chi connectivity index (χ1) is 23.9. The molecule has 6 aromatic rings. The molecule has 0 spiro atoms. The standard InChI is InChI=1S/C19H15ClF3N7O2.C7H6N4O.C2HF3O2/c1-2-30-15-10(7-25-8-13(15)27-17(30)14-16(24)29-32-28-14)18(31)26-6-9-3-4-12(20)11(5-9)19(21,22)23;8-7(12)4-1-9-2-5-6(4)11-3-10-5;3-2(4,5)1(6)7/h3-5,7-8H,2,6H2,1H3,(H2,24,29)(H,26,31);1-3H,(H2,8,12)(H,10,11);(H,6,7). The number of primary amides is 1. The number of carboxylic acids is 1. The third-order valence-electron chi connectivity index (χ3n) is 6.57. The average Bonchev–Trinajstić information content (AvgIpc) is 3.81. The van der Waals surface area contributed by atoms with Crippen LogP contribution in [-0.2, 0) is 24.1 Å². The van der Waals surface area contributed by atoms with E-state index in [0.717, 1.165) is 12.1 Å². The van der Waals surface area contributed by atoms with Crippen molar-refractivity contribution in [2.45, 2.75) is 32.4 Å². The molecule has 0 aliphatic rings. The monoisotopic (exact) mass is 741 g/mol. The van der Waals surface area contributed by atoms with Crippen molar-refractivity contribution in [3.05, 3.63) is 76.6 Å². The zero-order valence-corrected chi connectivity index (χ0v) is 26.3. The number of hydrogen-bond donors (Lipinski definition) is 5. The third-order valence-corrected chi connectivity index (χ3v) is 6.90. The number of imidazole rings is 2. The van der Waals surface area contributed by atoms with Crippen LogP contribution in [-0.4, -0.2) is 68.9 Å². The molecule has 5 heterocycles. The summed E-state index contributed by atoms with van der Waals surface area (Å²) in [5.74, 6) is -3.42. The number of nitrogens with two attached hydrogens (primary N) is 2. The van der Waals surface area contributed by atoms with Gasteiger partial charge in [-0.1, -0.05) is 17.7 Å². The van der Waals surface area contributed by atoms with Crippen LogP contribution in [0.1, 0.15) is 38.8 Å². The van der Waals surface area contributed by atoms with Crippen LogP contribution in [0.3, 0.4) is 0 Å². The van der Waals surface area contributed by atoms with E-state index in [1.165, 1.54) is 31.0 Å². The van der Waals surface area contributed by atoms with Gasteiger partial charge in [0.25, 0.3) is 11.8 Å². The number of nitrogens with one attached hydrogen (secondary N) is 2. The molecule has 0 atom stereocenters. The highest BCUT2D eigenvalue weighted by Gasteiger charge is 2.38. The second kappa shape index (κ2) is 15.1. The number of halogens is 7. The number of alkyl halides is 6. The van der Waals surface area contributed by atoms with Crippen molar-refractivity contribution in [3.8, 4) is 11.5 Å². The number of hydrogen-bond acceptors (Lipinski definition) is 11. The summed E-state index contributed by atoms with van der Waals surface area (Å²) in [5.41, 5.74) is 13.1. The molecular formula is C28H22ClF6N11O5. The van der Waals surface area contributed by atoms with Gasteiger partial charge in [0.15, 0.2) is 17.3 Å². The Morgan fingerprint density at radius 2 is 1.67 bits per heavy atom. The molecule has 1 aromatic carbocycles. The molecule has 0 aliphatic heterocycles. The fourth-order valence-corrected chi connectivity index (χ4v) is 4.55. The number of aryl methyl sites for hydroxylation is 1. The molecule has 268 valence electrons. The summed E-state index contributed by atoms with van der Waals surface area (Å²) in [6.07, 6.45) is -2.38. The second-order valence-electron chi connectivity index (χ2n) is 9.88. The first kappa shape index (κ1) is 37.5. The van der Waals surface area contributed by atoms with Crippen molar-refractivity contribution in [3.63, 3.8) is 0 Å². The highest BCUT2D eigenvalue weighted by Crippen LogP contribution is 2.35. The summed E-state index contributed by atoms with van der Waals surface area (Å²) in [5, 5.41) is 16.6. The van der Waals surface area contributed by atoms with Crippen molar-refractivity contribution in [2.75, 3.05) is 5.73 Å². The number of pyridine rings is 2. The van der Waals surface area contributed by atoms with Crippen molar-refractivity contribution in [2.24, 2.45) is 5.73 Å². The molecule has 0 bridgehead atoms. The zero-order valence-electron chi connectivity index (χ0n) is 25.5. The summed E-state index contributed by atoms with van der Waals surface area (Å²) in [4.78, 5) is 51.7. The summed E-state index contributed by atoms with van der Waals surface area (Å²) >= 11 is 5.64. The van der Waals surface area contributed by atoms with Crippen LogP contribution in [0.2, 0.25) is 5.02 Å². The highest BCUT2D eigenvalue weighted by atomic mass is 35.5. The first-order valence-electron chi connectivity index (χ1n) is 13.9. The van der Waals surface area contributed by atoms with E-state index >= 15 is 0 Å². The molecular weight excluding hydrogens is 720 g/mol. The zero-order chi connectivity index (χ0) is 37.7. The Morgan fingerprint density at radius 3 is 2.24 bits per heavy atom. The predicted molar refractivity (Wildman–Crippen MR) is 165 cm³/mol. The van der Waals surface area contributed by atoms with Gasteiger partial charge in [-0.15, -0.1) is 0 Å². The number of nitrogen functional groups attached to an aromatic ring is 1. The van der Waals surface area contributed by atoms with Gasteiger partial charge >= 0.3 is 18.3 Å². The summed E-state index contributed by atoms with van der Waals surface area (Å²) < 4.78 is 77.3. The Morgan fingerprint density at radius 1 is 1.02 bits per heavy atom. The Balaban J connectivity index is 0.000000250. The van der Waals surface area contributed by atoms with E-state index in [0.29, 0.717) is 40.0 Å². The van der Waals surface area contributed by atoms with Crippen LogP contribution in [0.15, 0.2) is 53.9 Å². The Hall–Kier alpha value is -6.32. The maximum atomic E-state index is 13.1. The Kier molecular flexibility index (Phi) is 11.1. The maximum absolute atomic E-state index is 13.1. The van der Waals surface area contributed by atoms with Crippen molar-refractivity contribution in [1.29, 1.82) is 0 Å². The van der Waals surface area contributed by atoms with E-state index in [1.807, 2.05) is 6.92 Å². The number of nitrogens with zero attached hydrogens (tertiary/aromatic N) is 7. The molecule has 0 saturated heterocycles. The smallest absolute Gasteiger partial charge is 0.475 e. The molecule has 0 aliphatic carbocycles. The quantitative estimate of drug-likeness (QED) is 0.149. The number of carboxylic acid groups (broad SMARTS) is 1. The Bertz CT molecular complexity index is 2220. The van der Waals surface area contributed by atoms with Crippen LogP contribution in [0.5, 0.6) is 0 Å². The molecule has 5 aromatic heterocycles. The number of carbonyl (C=O) groups is 3.